The van der Waals surface area contributed by atoms with E-state index in [1.165, 1.54) is 26.2 Å². The number of carbonyl (C=O) groups is 1. The summed E-state index contributed by atoms with van der Waals surface area (Å²) in [5.41, 5.74) is 1.00. The maximum absolute atomic E-state index is 12.8. The third-order valence-corrected chi connectivity index (χ3v) is 6.49. The molecule has 1 amide bonds. The van der Waals surface area contributed by atoms with Crippen molar-refractivity contribution < 1.29 is 9.53 Å². The van der Waals surface area contributed by atoms with Crippen molar-refractivity contribution in [2.75, 3.05) is 59.5 Å². The number of hydrogen-bond donors (Lipinski definition) is 0. The van der Waals surface area contributed by atoms with Gasteiger partial charge in [0.1, 0.15) is 0 Å². The van der Waals surface area contributed by atoms with E-state index in [4.69, 9.17) is 4.74 Å². The average Bonchev–Trinajstić information content (AvgIpc) is 3.06. The quantitative estimate of drug-likeness (QED) is 0.810. The smallest absolute Gasteiger partial charge is 0.227 e. The molecule has 0 radical (unpaired) electrons. The number of piperidine rings is 1. The van der Waals surface area contributed by atoms with Crippen LogP contribution in [-0.4, -0.2) is 85.7 Å². The lowest BCUT2D eigenvalue weighted by Crippen LogP contribution is -2.50. The zero-order valence-corrected chi connectivity index (χ0v) is 16.6. The van der Waals surface area contributed by atoms with E-state index >= 15 is 0 Å². The number of likely N-dealkylation sites (N-methyl/N-ethyl adjacent to an activating group) is 1. The second-order valence-electron chi connectivity index (χ2n) is 8.75. The van der Waals surface area contributed by atoms with Gasteiger partial charge in [0.15, 0.2) is 0 Å². The van der Waals surface area contributed by atoms with Crippen LogP contribution in [0.25, 0.3) is 0 Å². The van der Waals surface area contributed by atoms with Crippen LogP contribution in [0.15, 0.2) is 30.3 Å². The summed E-state index contributed by atoms with van der Waals surface area (Å²) in [6, 6.07) is 10.1. The van der Waals surface area contributed by atoms with Gasteiger partial charge in [-0.2, -0.15) is 0 Å². The number of likely N-dealkylation sites (tertiary alicyclic amines) is 1. The highest BCUT2D eigenvalue weighted by molar-refractivity contribution is 5.79. The third kappa shape index (κ3) is 4.71. The summed E-state index contributed by atoms with van der Waals surface area (Å²) in [4.78, 5) is 19.8. The molecule has 1 aromatic rings. The maximum Gasteiger partial charge on any atom is 0.227 e. The van der Waals surface area contributed by atoms with Crippen molar-refractivity contribution >= 4 is 5.91 Å². The molecular formula is C22H33N3O2. The first kappa shape index (κ1) is 18.9. The fourth-order valence-electron chi connectivity index (χ4n) is 4.93. The van der Waals surface area contributed by atoms with Crippen LogP contribution in [0.1, 0.15) is 24.8 Å². The predicted molar refractivity (Wildman–Crippen MR) is 107 cm³/mol. The summed E-state index contributed by atoms with van der Waals surface area (Å²) in [5.74, 6) is 0.851. The molecular weight excluding hydrogens is 338 g/mol. The van der Waals surface area contributed by atoms with Crippen LogP contribution in [-0.2, 0) is 16.0 Å². The zero-order valence-electron chi connectivity index (χ0n) is 16.6. The number of ether oxygens (including phenoxy) is 1. The van der Waals surface area contributed by atoms with Crippen LogP contribution in [0.5, 0.6) is 0 Å². The van der Waals surface area contributed by atoms with Crippen LogP contribution in [0.2, 0.25) is 0 Å². The van der Waals surface area contributed by atoms with Crippen LogP contribution in [0.4, 0.5) is 0 Å². The predicted octanol–water partition coefficient (Wildman–Crippen LogP) is 1.87. The minimum absolute atomic E-state index is 0.0954. The Morgan fingerprint density at radius 1 is 1.15 bits per heavy atom. The van der Waals surface area contributed by atoms with Crippen LogP contribution < -0.4 is 0 Å². The van der Waals surface area contributed by atoms with Gasteiger partial charge in [0.2, 0.25) is 5.91 Å². The lowest BCUT2D eigenvalue weighted by Gasteiger charge is -2.40. The Morgan fingerprint density at radius 3 is 2.70 bits per heavy atom. The Bertz CT molecular complexity index is 630. The Morgan fingerprint density at radius 2 is 1.93 bits per heavy atom. The van der Waals surface area contributed by atoms with Gasteiger partial charge in [-0.3, -0.25) is 4.79 Å². The lowest BCUT2D eigenvalue weighted by atomic mass is 9.86. The van der Waals surface area contributed by atoms with Gasteiger partial charge >= 0.3 is 0 Å². The van der Waals surface area contributed by atoms with Gasteiger partial charge in [0, 0.05) is 45.8 Å². The summed E-state index contributed by atoms with van der Waals surface area (Å²) in [5, 5.41) is 0. The Hall–Kier alpha value is -1.43. The molecule has 0 bridgehead atoms. The van der Waals surface area contributed by atoms with E-state index in [0.29, 0.717) is 12.3 Å². The first-order chi connectivity index (χ1) is 13.1. The van der Waals surface area contributed by atoms with Crippen molar-refractivity contribution in [2.24, 2.45) is 5.92 Å². The van der Waals surface area contributed by atoms with Gasteiger partial charge in [-0.05, 0) is 37.8 Å². The fourth-order valence-corrected chi connectivity index (χ4v) is 4.93. The second kappa shape index (κ2) is 8.29. The molecule has 3 aliphatic heterocycles. The molecule has 3 saturated heterocycles. The molecule has 0 saturated carbocycles. The molecule has 3 fully saturated rings. The Balaban J connectivity index is 1.30. The van der Waals surface area contributed by atoms with Crippen molar-refractivity contribution in [3.05, 3.63) is 35.9 Å². The molecule has 148 valence electrons. The molecule has 5 heteroatoms. The SMILES string of the molecule is CN1CCN(C[C@H]2CO[C@@]3(CCCN(C(=O)Cc4ccccc4)C3)C2)CC1. The monoisotopic (exact) mass is 371 g/mol. The topological polar surface area (TPSA) is 36.0 Å². The highest BCUT2D eigenvalue weighted by atomic mass is 16.5. The van der Waals surface area contributed by atoms with E-state index in [0.717, 1.165) is 51.1 Å². The molecule has 0 unspecified atom stereocenters. The number of nitrogens with zero attached hydrogens (tertiary/aromatic N) is 3. The van der Waals surface area contributed by atoms with Crippen molar-refractivity contribution in [1.82, 2.24) is 14.7 Å². The molecule has 5 nitrogen and oxygen atoms in total. The van der Waals surface area contributed by atoms with Gasteiger partial charge < -0.3 is 19.4 Å². The first-order valence-electron chi connectivity index (χ1n) is 10.5. The molecule has 27 heavy (non-hydrogen) atoms. The maximum atomic E-state index is 12.8. The number of carbonyl (C=O) groups excluding carboxylic acids is 1. The molecule has 0 aromatic heterocycles. The molecule has 3 aliphatic rings. The normalized spacial score (nSPS) is 30.1. The standard InChI is InChI=1S/C22H33N3O2/c1-23-10-12-24(13-11-23)16-20-15-22(27-17-20)8-5-9-25(18-22)21(26)14-19-6-3-2-4-7-19/h2-4,6-7,20H,5,8-18H2,1H3/t20-,22-/m0/s1. The molecule has 2 atom stereocenters. The van der Waals surface area contributed by atoms with E-state index in [9.17, 15) is 4.79 Å². The van der Waals surface area contributed by atoms with Gasteiger partial charge in [-0.15, -0.1) is 0 Å². The first-order valence-corrected chi connectivity index (χ1v) is 10.5. The highest BCUT2D eigenvalue weighted by Gasteiger charge is 2.44. The summed E-state index contributed by atoms with van der Waals surface area (Å²) >= 11 is 0. The molecule has 0 aliphatic carbocycles. The molecule has 1 aromatic carbocycles. The third-order valence-electron chi connectivity index (χ3n) is 6.49. The van der Waals surface area contributed by atoms with E-state index < -0.39 is 0 Å². The summed E-state index contributed by atoms with van der Waals surface area (Å²) < 4.78 is 6.36. The number of rotatable bonds is 4. The van der Waals surface area contributed by atoms with Gasteiger partial charge in [0.05, 0.1) is 18.6 Å². The van der Waals surface area contributed by atoms with Gasteiger partial charge in [-0.1, -0.05) is 30.3 Å². The Labute approximate surface area is 163 Å². The fraction of sp³-hybridized carbons (Fsp3) is 0.682. The van der Waals surface area contributed by atoms with E-state index in [2.05, 4.69) is 21.7 Å². The van der Waals surface area contributed by atoms with Crippen LogP contribution in [0, 0.1) is 5.92 Å². The second-order valence-corrected chi connectivity index (χ2v) is 8.75. The summed E-state index contributed by atoms with van der Waals surface area (Å²) in [7, 11) is 2.20. The van der Waals surface area contributed by atoms with Gasteiger partial charge in [0.25, 0.3) is 0 Å². The minimum atomic E-state index is -0.0954. The minimum Gasteiger partial charge on any atom is -0.373 e. The summed E-state index contributed by atoms with van der Waals surface area (Å²) in [6.45, 7) is 8.32. The van der Waals surface area contributed by atoms with Crippen LogP contribution >= 0.6 is 0 Å². The van der Waals surface area contributed by atoms with E-state index in [1.54, 1.807) is 0 Å². The van der Waals surface area contributed by atoms with Crippen LogP contribution in [0.3, 0.4) is 0 Å². The summed E-state index contributed by atoms with van der Waals surface area (Å²) in [6.07, 6.45) is 3.76. The van der Waals surface area contributed by atoms with Crippen molar-refractivity contribution in [3.63, 3.8) is 0 Å². The lowest BCUT2D eigenvalue weighted by molar-refractivity contribution is -0.138. The number of benzene rings is 1. The van der Waals surface area contributed by atoms with Crippen molar-refractivity contribution in [3.8, 4) is 0 Å². The number of piperazine rings is 1. The van der Waals surface area contributed by atoms with Gasteiger partial charge in [-0.25, -0.2) is 0 Å². The Kier molecular flexibility index (Phi) is 5.81. The van der Waals surface area contributed by atoms with Crippen molar-refractivity contribution in [2.45, 2.75) is 31.3 Å². The average molecular weight is 372 g/mol. The largest absolute Gasteiger partial charge is 0.373 e. The molecule has 3 heterocycles. The highest BCUT2D eigenvalue weighted by Crippen LogP contribution is 2.38. The van der Waals surface area contributed by atoms with Crippen molar-refractivity contribution in [1.29, 1.82) is 0 Å². The molecule has 1 spiro atoms. The van der Waals surface area contributed by atoms with E-state index in [-0.39, 0.29) is 11.5 Å². The number of hydrogen-bond acceptors (Lipinski definition) is 4. The zero-order chi connectivity index (χ0) is 18.7. The van der Waals surface area contributed by atoms with E-state index in [1.807, 2.05) is 30.3 Å². The molecule has 0 N–H and O–H groups in total. The number of amides is 1. The molecule has 4 rings (SSSR count).